The number of hydroxylamine groups is 1. The van der Waals surface area contributed by atoms with Crippen LogP contribution in [0.15, 0.2) is 60.7 Å². The van der Waals surface area contributed by atoms with Gasteiger partial charge in [-0.3, -0.25) is 15.3 Å². The van der Waals surface area contributed by atoms with Gasteiger partial charge in [0.15, 0.2) is 0 Å². The Bertz CT molecular complexity index is 842. The fraction of sp³-hybridized carbons (Fsp3) is 0.238. The average molecular weight is 384 g/mol. The highest BCUT2D eigenvalue weighted by molar-refractivity contribution is 5.86. The number of phenols is 1. The number of anilines is 1. The molecule has 0 bridgehead atoms. The van der Waals surface area contributed by atoms with Crippen LogP contribution >= 0.6 is 0 Å². The van der Waals surface area contributed by atoms with Crippen molar-refractivity contribution in [3.8, 4) is 5.75 Å². The summed E-state index contributed by atoms with van der Waals surface area (Å²) in [4.78, 5) is 23.8. The first kappa shape index (κ1) is 21.0. The van der Waals surface area contributed by atoms with Gasteiger partial charge in [0.1, 0.15) is 11.9 Å². The Morgan fingerprint density at radius 1 is 1.07 bits per heavy atom. The van der Waals surface area contributed by atoms with Crippen LogP contribution in [0.3, 0.4) is 0 Å². The van der Waals surface area contributed by atoms with E-state index in [4.69, 9.17) is 9.94 Å². The highest BCUT2D eigenvalue weighted by Crippen LogP contribution is 2.38. The van der Waals surface area contributed by atoms with Crippen LogP contribution in [0.2, 0.25) is 0 Å². The number of hydrogen-bond donors (Lipinski definition) is 4. The van der Waals surface area contributed by atoms with Crippen LogP contribution in [0.4, 0.5) is 10.5 Å². The molecule has 148 valence electrons. The van der Waals surface area contributed by atoms with Gasteiger partial charge in [-0.05, 0) is 36.8 Å². The predicted octanol–water partition coefficient (Wildman–Crippen LogP) is 4.08. The molecule has 2 rings (SSSR count). The summed E-state index contributed by atoms with van der Waals surface area (Å²) in [5, 5.41) is 20.9. The number of ether oxygens (including phenoxy) is 1. The zero-order chi connectivity index (χ0) is 20.7. The number of rotatable bonds is 6. The van der Waals surface area contributed by atoms with Crippen molar-refractivity contribution in [3.63, 3.8) is 0 Å². The summed E-state index contributed by atoms with van der Waals surface area (Å²) in [6.45, 7) is 5.51. The molecule has 2 amide bonds. The van der Waals surface area contributed by atoms with Gasteiger partial charge in [0.25, 0.3) is 5.91 Å². The molecule has 0 heterocycles. The molecule has 0 fully saturated rings. The fourth-order valence-electron chi connectivity index (χ4n) is 2.60. The molecular weight excluding hydrogens is 360 g/mol. The van der Waals surface area contributed by atoms with Crippen LogP contribution in [0.1, 0.15) is 31.1 Å². The molecule has 28 heavy (non-hydrogen) atoms. The molecule has 2 aromatic carbocycles. The summed E-state index contributed by atoms with van der Waals surface area (Å²) in [7, 11) is 0. The highest BCUT2D eigenvalue weighted by Gasteiger charge is 2.32. The number of benzene rings is 2. The Labute approximate surface area is 163 Å². The summed E-state index contributed by atoms with van der Waals surface area (Å²) < 4.78 is 5.66. The number of carbonyl (C=O) groups excluding carboxylic acids is 2. The summed E-state index contributed by atoms with van der Waals surface area (Å²) in [6, 6.07) is 13.5. The van der Waals surface area contributed by atoms with Crippen LogP contribution in [-0.4, -0.2) is 22.3 Å². The number of aryl methyl sites for hydroxylation is 1. The van der Waals surface area contributed by atoms with Crippen LogP contribution in [-0.2, 0) is 9.53 Å². The van der Waals surface area contributed by atoms with Crippen molar-refractivity contribution in [2.45, 2.75) is 26.9 Å². The molecule has 0 aliphatic carbocycles. The lowest BCUT2D eigenvalue weighted by atomic mass is 9.82. The van der Waals surface area contributed by atoms with Crippen molar-refractivity contribution in [2.75, 3.05) is 5.32 Å². The molecule has 0 saturated heterocycles. The number of hydrogen-bond acceptors (Lipinski definition) is 5. The molecule has 7 heteroatoms. The number of nitrogens with one attached hydrogen (secondary N) is 2. The number of carbonyl (C=O) groups is 2. The predicted molar refractivity (Wildman–Crippen MR) is 105 cm³/mol. The lowest BCUT2D eigenvalue weighted by Crippen LogP contribution is -2.28. The molecule has 2 aromatic rings. The monoisotopic (exact) mass is 384 g/mol. The third-order valence-corrected chi connectivity index (χ3v) is 4.17. The third kappa shape index (κ3) is 5.85. The van der Waals surface area contributed by atoms with Crippen LogP contribution < -0.4 is 10.8 Å². The Balaban J connectivity index is 2.25. The topological polar surface area (TPSA) is 108 Å². The second-order valence-electron chi connectivity index (χ2n) is 7.00. The van der Waals surface area contributed by atoms with E-state index in [-0.39, 0.29) is 5.75 Å². The van der Waals surface area contributed by atoms with Crippen molar-refractivity contribution in [3.05, 3.63) is 71.8 Å². The lowest BCUT2D eigenvalue weighted by Gasteiger charge is -2.31. The van der Waals surface area contributed by atoms with Crippen molar-refractivity contribution in [2.24, 2.45) is 5.41 Å². The third-order valence-electron chi connectivity index (χ3n) is 4.17. The first-order chi connectivity index (χ1) is 13.2. The quantitative estimate of drug-likeness (QED) is 0.341. The van der Waals surface area contributed by atoms with E-state index in [2.05, 4.69) is 5.32 Å². The molecule has 1 atom stereocenters. The molecule has 0 unspecified atom stereocenters. The first-order valence-corrected chi connectivity index (χ1v) is 8.68. The summed E-state index contributed by atoms with van der Waals surface area (Å²) >= 11 is 0. The fourth-order valence-corrected chi connectivity index (χ4v) is 2.60. The number of phenolic OH excluding ortho intramolecular Hbond substituents is 1. The molecule has 4 N–H and O–H groups in total. The zero-order valence-corrected chi connectivity index (χ0v) is 16.0. The molecular formula is C21H24N2O5. The first-order valence-electron chi connectivity index (χ1n) is 8.68. The standard InChI is InChI=1S/C21H24N2O5/c1-14-4-8-16(9-5-14)22-20(26)28-19(15-6-10-17(24)11-7-15)21(2,3)13-12-18(25)23-27/h4-13,19,24,27H,1-3H3,(H,22,26)(H,23,25)/b13-12+/t19-/m0/s1. The molecule has 0 saturated carbocycles. The summed E-state index contributed by atoms with van der Waals surface area (Å²) in [5.74, 6) is -0.610. The van der Waals surface area contributed by atoms with Crippen molar-refractivity contribution in [1.82, 2.24) is 5.48 Å². The van der Waals surface area contributed by atoms with E-state index in [0.717, 1.165) is 11.6 Å². The van der Waals surface area contributed by atoms with Crippen LogP contribution in [0.5, 0.6) is 5.75 Å². The maximum atomic E-state index is 12.5. The maximum Gasteiger partial charge on any atom is 0.412 e. The average Bonchev–Trinajstić information content (AvgIpc) is 2.67. The maximum absolute atomic E-state index is 12.5. The van der Waals surface area contributed by atoms with Gasteiger partial charge in [-0.25, -0.2) is 10.3 Å². The minimum Gasteiger partial charge on any atom is -0.508 e. The smallest absolute Gasteiger partial charge is 0.412 e. The van der Waals surface area contributed by atoms with E-state index in [1.54, 1.807) is 38.1 Å². The molecule has 0 radical (unpaired) electrons. The Morgan fingerprint density at radius 3 is 2.25 bits per heavy atom. The van der Waals surface area contributed by atoms with E-state index in [1.165, 1.54) is 23.7 Å². The largest absolute Gasteiger partial charge is 0.508 e. The van der Waals surface area contributed by atoms with Gasteiger partial charge in [0.05, 0.1) is 0 Å². The highest BCUT2D eigenvalue weighted by atomic mass is 16.6. The van der Waals surface area contributed by atoms with Gasteiger partial charge in [-0.1, -0.05) is 49.8 Å². The van der Waals surface area contributed by atoms with E-state index in [1.807, 2.05) is 19.1 Å². The van der Waals surface area contributed by atoms with E-state index < -0.39 is 23.5 Å². The van der Waals surface area contributed by atoms with E-state index in [0.29, 0.717) is 11.3 Å². The van der Waals surface area contributed by atoms with Gasteiger partial charge >= 0.3 is 6.09 Å². The van der Waals surface area contributed by atoms with Crippen LogP contribution in [0.25, 0.3) is 0 Å². The van der Waals surface area contributed by atoms with Gasteiger partial charge in [-0.2, -0.15) is 0 Å². The molecule has 0 aromatic heterocycles. The van der Waals surface area contributed by atoms with Crippen LogP contribution in [0, 0.1) is 12.3 Å². The number of aromatic hydroxyl groups is 1. The Kier molecular flexibility index (Phi) is 6.79. The SMILES string of the molecule is Cc1ccc(NC(=O)O[C@@H](c2ccc(O)cc2)C(C)(C)/C=C/C(=O)NO)cc1. The van der Waals surface area contributed by atoms with E-state index in [9.17, 15) is 14.7 Å². The van der Waals surface area contributed by atoms with Crippen molar-refractivity contribution >= 4 is 17.7 Å². The van der Waals surface area contributed by atoms with Gasteiger partial charge in [0, 0.05) is 17.2 Å². The van der Waals surface area contributed by atoms with Crippen molar-refractivity contribution < 1.29 is 24.6 Å². The molecule has 0 spiro atoms. The van der Waals surface area contributed by atoms with Gasteiger partial charge < -0.3 is 9.84 Å². The molecule has 0 aliphatic heterocycles. The summed E-state index contributed by atoms with van der Waals surface area (Å²) in [5.41, 5.74) is 3.02. The Hall–Kier alpha value is -3.32. The molecule has 0 aliphatic rings. The van der Waals surface area contributed by atoms with Gasteiger partial charge in [0.2, 0.25) is 0 Å². The minimum absolute atomic E-state index is 0.0830. The Morgan fingerprint density at radius 2 is 1.68 bits per heavy atom. The lowest BCUT2D eigenvalue weighted by molar-refractivity contribution is -0.124. The van der Waals surface area contributed by atoms with E-state index >= 15 is 0 Å². The second kappa shape index (κ2) is 9.05. The minimum atomic E-state index is -0.798. The zero-order valence-electron chi connectivity index (χ0n) is 16.0. The second-order valence-corrected chi connectivity index (χ2v) is 7.00. The summed E-state index contributed by atoms with van der Waals surface area (Å²) in [6.07, 6.45) is 1.28. The van der Waals surface area contributed by atoms with Crippen molar-refractivity contribution in [1.29, 1.82) is 0 Å². The number of amides is 2. The normalized spacial score (nSPS) is 12.4. The molecule has 7 nitrogen and oxygen atoms in total. The van der Waals surface area contributed by atoms with Gasteiger partial charge in [-0.15, -0.1) is 0 Å².